The molecule has 6 heteroatoms. The predicted octanol–water partition coefficient (Wildman–Crippen LogP) is 7.26. The first-order valence-electron chi connectivity index (χ1n) is 10.6. The number of fused-ring (bicyclic) bond motifs is 1. The van der Waals surface area contributed by atoms with Crippen LogP contribution in [0.5, 0.6) is 11.5 Å². The largest absolute Gasteiger partial charge is 0.573 e. The van der Waals surface area contributed by atoms with Gasteiger partial charge in [-0.1, -0.05) is 60.7 Å². The van der Waals surface area contributed by atoms with E-state index in [1.165, 1.54) is 41.6 Å². The number of benzene rings is 4. The lowest BCUT2D eigenvalue weighted by Crippen LogP contribution is -2.18. The molecular weight excluding hydrogens is 427 g/mol. The smallest absolute Gasteiger partial charge is 0.496 e. The zero-order valence-corrected chi connectivity index (χ0v) is 18.3. The Morgan fingerprint density at radius 2 is 1.64 bits per heavy atom. The fourth-order valence-electron chi connectivity index (χ4n) is 3.96. The van der Waals surface area contributed by atoms with Crippen molar-refractivity contribution in [2.24, 2.45) is 0 Å². The molecule has 1 atom stereocenters. The lowest BCUT2D eigenvalue weighted by Gasteiger charge is -2.18. The minimum absolute atomic E-state index is 0.102. The van der Waals surface area contributed by atoms with Crippen molar-refractivity contribution >= 4 is 10.8 Å². The van der Waals surface area contributed by atoms with Crippen LogP contribution in [-0.4, -0.2) is 13.5 Å². The summed E-state index contributed by atoms with van der Waals surface area (Å²) < 4.78 is 47.5. The number of nitrogens with one attached hydrogen (secondary N) is 1. The molecule has 4 rings (SSSR count). The zero-order valence-electron chi connectivity index (χ0n) is 18.3. The van der Waals surface area contributed by atoms with Gasteiger partial charge in [-0.3, -0.25) is 0 Å². The van der Waals surface area contributed by atoms with Crippen molar-refractivity contribution in [3.63, 3.8) is 0 Å². The monoisotopic (exact) mass is 451 g/mol. The first-order chi connectivity index (χ1) is 15.8. The summed E-state index contributed by atoms with van der Waals surface area (Å²) in [6.45, 7) is 2.70. The summed E-state index contributed by atoms with van der Waals surface area (Å²) in [6, 6.07) is 26.2. The molecular formula is C27H24F3NO2. The van der Waals surface area contributed by atoms with E-state index in [9.17, 15) is 13.2 Å². The molecule has 0 saturated carbocycles. The second-order valence-electron chi connectivity index (χ2n) is 7.78. The van der Waals surface area contributed by atoms with Crippen LogP contribution in [0.15, 0.2) is 84.9 Å². The Hall–Kier alpha value is -3.51. The van der Waals surface area contributed by atoms with Crippen molar-refractivity contribution < 1.29 is 22.6 Å². The molecule has 0 spiro atoms. The fourth-order valence-corrected chi connectivity index (χ4v) is 3.96. The van der Waals surface area contributed by atoms with Crippen molar-refractivity contribution in [3.05, 3.63) is 96.1 Å². The molecule has 170 valence electrons. The standard InChI is InChI=1S/C27H24F3NO2/c1-18(23-12-6-8-20-7-3-4-11-24(20)23)31-17-19-13-14-26(32-2)25(15-19)21-9-5-10-22(16-21)33-27(28,29)30/h3-16,18,31H,17H2,1-2H3/t18-/m1/s1. The van der Waals surface area contributed by atoms with Gasteiger partial charge in [0.05, 0.1) is 7.11 Å². The molecule has 0 aliphatic carbocycles. The van der Waals surface area contributed by atoms with Crippen LogP contribution in [0.4, 0.5) is 13.2 Å². The van der Waals surface area contributed by atoms with Gasteiger partial charge in [0, 0.05) is 18.2 Å². The van der Waals surface area contributed by atoms with E-state index in [1.54, 1.807) is 6.07 Å². The number of alkyl halides is 3. The average Bonchev–Trinajstić information content (AvgIpc) is 2.81. The highest BCUT2D eigenvalue weighted by molar-refractivity contribution is 5.86. The second kappa shape index (κ2) is 9.55. The SMILES string of the molecule is COc1ccc(CN[C@H](C)c2cccc3ccccc23)cc1-c1cccc(OC(F)(F)F)c1. The van der Waals surface area contributed by atoms with Gasteiger partial charge < -0.3 is 14.8 Å². The third-order valence-electron chi connectivity index (χ3n) is 5.54. The Bertz CT molecular complexity index is 1250. The van der Waals surface area contributed by atoms with Crippen molar-refractivity contribution in [2.75, 3.05) is 7.11 Å². The van der Waals surface area contributed by atoms with Crippen molar-refractivity contribution in [2.45, 2.75) is 25.9 Å². The lowest BCUT2D eigenvalue weighted by molar-refractivity contribution is -0.274. The minimum atomic E-state index is -4.74. The maximum absolute atomic E-state index is 12.6. The summed E-state index contributed by atoms with van der Waals surface area (Å²) in [5.41, 5.74) is 3.47. The van der Waals surface area contributed by atoms with E-state index < -0.39 is 6.36 Å². The highest BCUT2D eigenvalue weighted by Gasteiger charge is 2.31. The summed E-state index contributed by atoms with van der Waals surface area (Å²) in [5.74, 6) is 0.306. The fraction of sp³-hybridized carbons (Fsp3) is 0.185. The minimum Gasteiger partial charge on any atom is -0.496 e. The van der Waals surface area contributed by atoms with Gasteiger partial charge in [0.15, 0.2) is 0 Å². The van der Waals surface area contributed by atoms with Gasteiger partial charge in [0.25, 0.3) is 0 Å². The highest BCUT2D eigenvalue weighted by atomic mass is 19.4. The molecule has 3 nitrogen and oxygen atoms in total. The molecule has 0 heterocycles. The topological polar surface area (TPSA) is 30.5 Å². The van der Waals surface area contributed by atoms with Crippen LogP contribution < -0.4 is 14.8 Å². The molecule has 0 amide bonds. The van der Waals surface area contributed by atoms with Crippen LogP contribution in [0.25, 0.3) is 21.9 Å². The van der Waals surface area contributed by atoms with Gasteiger partial charge in [0.2, 0.25) is 0 Å². The molecule has 0 aromatic heterocycles. The Kier molecular flexibility index (Phi) is 6.56. The van der Waals surface area contributed by atoms with E-state index in [2.05, 4.69) is 47.3 Å². The van der Waals surface area contributed by atoms with E-state index in [4.69, 9.17) is 4.74 Å². The number of hydrogen-bond acceptors (Lipinski definition) is 3. The Morgan fingerprint density at radius 3 is 2.42 bits per heavy atom. The Morgan fingerprint density at radius 1 is 0.879 bits per heavy atom. The van der Waals surface area contributed by atoms with Crippen LogP contribution in [0.2, 0.25) is 0 Å². The number of hydrogen-bond donors (Lipinski definition) is 1. The third kappa shape index (κ3) is 5.46. The average molecular weight is 451 g/mol. The van der Waals surface area contributed by atoms with Gasteiger partial charge in [-0.15, -0.1) is 13.2 Å². The summed E-state index contributed by atoms with van der Waals surface area (Å²) in [5, 5.41) is 5.95. The van der Waals surface area contributed by atoms with E-state index >= 15 is 0 Å². The maximum Gasteiger partial charge on any atom is 0.573 e. The van der Waals surface area contributed by atoms with Crippen LogP contribution in [0.1, 0.15) is 24.1 Å². The number of ether oxygens (including phenoxy) is 2. The van der Waals surface area contributed by atoms with Gasteiger partial charge >= 0.3 is 6.36 Å². The molecule has 0 fully saturated rings. The van der Waals surface area contributed by atoms with Crippen LogP contribution in [0.3, 0.4) is 0 Å². The summed E-state index contributed by atoms with van der Waals surface area (Å²) >= 11 is 0. The van der Waals surface area contributed by atoms with Gasteiger partial charge in [-0.25, -0.2) is 0 Å². The molecule has 33 heavy (non-hydrogen) atoms. The summed E-state index contributed by atoms with van der Waals surface area (Å²) in [7, 11) is 1.54. The van der Waals surface area contributed by atoms with Crippen molar-refractivity contribution in [3.8, 4) is 22.6 Å². The number of rotatable bonds is 7. The Labute approximate surface area is 190 Å². The zero-order chi connectivity index (χ0) is 23.4. The van der Waals surface area contributed by atoms with Crippen LogP contribution in [0, 0.1) is 0 Å². The van der Waals surface area contributed by atoms with E-state index in [0.29, 0.717) is 23.4 Å². The van der Waals surface area contributed by atoms with Crippen LogP contribution >= 0.6 is 0 Å². The second-order valence-corrected chi connectivity index (χ2v) is 7.78. The molecule has 4 aromatic rings. The van der Waals surface area contributed by atoms with Gasteiger partial charge in [0.1, 0.15) is 11.5 Å². The predicted molar refractivity (Wildman–Crippen MR) is 124 cm³/mol. The first kappa shape index (κ1) is 22.7. The molecule has 0 radical (unpaired) electrons. The quantitative estimate of drug-likeness (QED) is 0.321. The molecule has 4 aromatic carbocycles. The van der Waals surface area contributed by atoms with E-state index in [-0.39, 0.29) is 11.8 Å². The summed E-state index contributed by atoms with van der Waals surface area (Å²) in [6.07, 6.45) is -4.74. The van der Waals surface area contributed by atoms with Crippen molar-refractivity contribution in [1.29, 1.82) is 0 Å². The van der Waals surface area contributed by atoms with Gasteiger partial charge in [-0.05, 0) is 58.7 Å². The third-order valence-corrected chi connectivity index (χ3v) is 5.54. The van der Waals surface area contributed by atoms with Crippen molar-refractivity contribution in [1.82, 2.24) is 5.32 Å². The Balaban J connectivity index is 1.57. The molecule has 0 saturated heterocycles. The molecule has 0 bridgehead atoms. The number of halogens is 3. The number of methoxy groups -OCH3 is 1. The molecule has 0 unspecified atom stereocenters. The molecule has 1 N–H and O–H groups in total. The van der Waals surface area contributed by atoms with E-state index in [0.717, 1.165) is 5.56 Å². The van der Waals surface area contributed by atoms with Gasteiger partial charge in [-0.2, -0.15) is 0 Å². The molecule has 0 aliphatic rings. The first-order valence-corrected chi connectivity index (χ1v) is 10.6. The van der Waals surface area contributed by atoms with E-state index in [1.807, 2.05) is 30.3 Å². The maximum atomic E-state index is 12.6. The molecule has 0 aliphatic heterocycles. The lowest BCUT2D eigenvalue weighted by atomic mass is 9.99. The highest BCUT2D eigenvalue weighted by Crippen LogP contribution is 2.34. The van der Waals surface area contributed by atoms with Crippen LogP contribution in [-0.2, 0) is 6.54 Å². The summed E-state index contributed by atoms with van der Waals surface area (Å²) in [4.78, 5) is 0. The normalized spacial score (nSPS) is 12.5.